The molecular weight excluding hydrogens is 318 g/mol. The molecule has 0 aromatic carbocycles. The van der Waals surface area contributed by atoms with Gasteiger partial charge in [-0.1, -0.05) is 5.16 Å². The summed E-state index contributed by atoms with van der Waals surface area (Å²) in [5.41, 5.74) is 1.19. The van der Waals surface area contributed by atoms with E-state index in [9.17, 15) is 0 Å². The normalized spacial score (nSPS) is 19.1. The molecule has 0 bridgehead atoms. The van der Waals surface area contributed by atoms with Gasteiger partial charge in [0.05, 0.1) is 13.3 Å². The van der Waals surface area contributed by atoms with Gasteiger partial charge in [0, 0.05) is 43.3 Å². The Balaban J connectivity index is 1.41. The van der Waals surface area contributed by atoms with Gasteiger partial charge < -0.3 is 14.2 Å². The Hall–Kier alpha value is -2.15. The fourth-order valence-electron chi connectivity index (χ4n) is 3.67. The number of rotatable bonds is 6. The van der Waals surface area contributed by atoms with Crippen molar-refractivity contribution in [1.82, 2.24) is 20.0 Å². The molecule has 7 heteroatoms. The van der Waals surface area contributed by atoms with Crippen LogP contribution >= 0.6 is 0 Å². The third kappa shape index (κ3) is 3.61. The predicted molar refractivity (Wildman–Crippen MR) is 93.6 cm³/mol. The minimum atomic E-state index is 0.534. The number of piperidine rings is 1. The molecule has 25 heavy (non-hydrogen) atoms. The highest BCUT2D eigenvalue weighted by Gasteiger charge is 2.36. The van der Waals surface area contributed by atoms with Crippen molar-refractivity contribution in [3.05, 3.63) is 29.9 Å². The van der Waals surface area contributed by atoms with Crippen LogP contribution in [0.4, 0.5) is 5.82 Å². The van der Waals surface area contributed by atoms with Crippen LogP contribution in [0.15, 0.2) is 23.1 Å². The highest BCUT2D eigenvalue weighted by atomic mass is 16.5. The Morgan fingerprint density at radius 2 is 1.96 bits per heavy atom. The van der Waals surface area contributed by atoms with Gasteiger partial charge in [0.15, 0.2) is 0 Å². The van der Waals surface area contributed by atoms with E-state index >= 15 is 0 Å². The van der Waals surface area contributed by atoms with Gasteiger partial charge in [-0.3, -0.25) is 4.90 Å². The first kappa shape index (κ1) is 16.3. The van der Waals surface area contributed by atoms with Crippen LogP contribution in [-0.4, -0.2) is 52.3 Å². The average molecular weight is 343 g/mol. The van der Waals surface area contributed by atoms with E-state index < -0.39 is 0 Å². The fourth-order valence-corrected chi connectivity index (χ4v) is 3.67. The van der Waals surface area contributed by atoms with Crippen LogP contribution in [0.3, 0.4) is 0 Å². The molecule has 1 saturated carbocycles. The number of methoxy groups -OCH3 is 1. The summed E-state index contributed by atoms with van der Waals surface area (Å²) >= 11 is 0. The lowest BCUT2D eigenvalue weighted by Gasteiger charge is -2.39. The summed E-state index contributed by atoms with van der Waals surface area (Å²) < 4.78 is 10.5. The van der Waals surface area contributed by atoms with Gasteiger partial charge in [0.25, 0.3) is 0 Å². The van der Waals surface area contributed by atoms with Crippen molar-refractivity contribution < 1.29 is 9.26 Å². The highest BCUT2D eigenvalue weighted by molar-refractivity contribution is 5.45. The maximum absolute atomic E-state index is 5.28. The number of likely N-dealkylation sites (tertiary alicyclic amines) is 1. The summed E-state index contributed by atoms with van der Waals surface area (Å²) in [6.07, 6.45) is 8.25. The number of aromatic nitrogens is 3. The highest BCUT2D eigenvalue weighted by Crippen LogP contribution is 2.36. The van der Waals surface area contributed by atoms with E-state index in [4.69, 9.17) is 9.26 Å². The lowest BCUT2D eigenvalue weighted by atomic mass is 10.0. The molecule has 7 nitrogen and oxygen atoms in total. The third-order valence-electron chi connectivity index (χ3n) is 5.24. The van der Waals surface area contributed by atoms with E-state index in [1.807, 2.05) is 19.2 Å². The summed E-state index contributed by atoms with van der Waals surface area (Å²) in [6.45, 7) is 5.07. The average Bonchev–Trinajstić information content (AvgIpc) is 3.40. The molecule has 3 heterocycles. The second-order valence-corrected chi connectivity index (χ2v) is 6.97. The smallest absolute Gasteiger partial charge is 0.218 e. The maximum atomic E-state index is 5.28. The van der Waals surface area contributed by atoms with Crippen molar-refractivity contribution in [3.8, 4) is 5.88 Å². The molecule has 0 unspecified atom stereocenters. The van der Waals surface area contributed by atoms with Gasteiger partial charge in [-0.2, -0.15) is 0 Å². The van der Waals surface area contributed by atoms with Crippen LogP contribution in [0, 0.1) is 6.92 Å². The number of anilines is 1. The van der Waals surface area contributed by atoms with E-state index in [0.717, 1.165) is 44.1 Å². The molecule has 1 saturated heterocycles. The molecule has 134 valence electrons. The molecule has 0 atom stereocenters. The summed E-state index contributed by atoms with van der Waals surface area (Å²) in [7, 11) is 1.65. The quantitative estimate of drug-likeness (QED) is 0.798. The van der Waals surface area contributed by atoms with E-state index in [-0.39, 0.29) is 0 Å². The Kier molecular flexibility index (Phi) is 4.57. The van der Waals surface area contributed by atoms with Crippen LogP contribution in [0.2, 0.25) is 0 Å². The monoisotopic (exact) mass is 343 g/mol. The zero-order chi connectivity index (χ0) is 17.2. The molecule has 0 spiro atoms. The van der Waals surface area contributed by atoms with Gasteiger partial charge in [-0.15, -0.1) is 0 Å². The first-order valence-electron chi connectivity index (χ1n) is 9.01. The van der Waals surface area contributed by atoms with E-state index in [1.165, 1.54) is 18.4 Å². The number of hydrogen-bond donors (Lipinski definition) is 0. The third-order valence-corrected chi connectivity index (χ3v) is 5.24. The largest absolute Gasteiger partial charge is 0.481 e. The van der Waals surface area contributed by atoms with Crippen LogP contribution in [-0.2, 0) is 6.54 Å². The SMILES string of the molecule is COc1cc(N(C2CC2)C2CCN(Cc3cnoc3C)CC2)ncn1. The van der Waals surface area contributed by atoms with E-state index in [1.54, 1.807) is 13.4 Å². The summed E-state index contributed by atoms with van der Waals surface area (Å²) in [5.74, 6) is 2.56. The van der Waals surface area contributed by atoms with Gasteiger partial charge in [-0.05, 0) is 32.6 Å². The first-order chi connectivity index (χ1) is 12.2. The zero-order valence-corrected chi connectivity index (χ0v) is 14.9. The molecular formula is C18H25N5O2. The lowest BCUT2D eigenvalue weighted by Crippen LogP contribution is -2.46. The Bertz CT molecular complexity index is 707. The van der Waals surface area contributed by atoms with E-state index in [0.29, 0.717) is 18.0 Å². The maximum Gasteiger partial charge on any atom is 0.218 e. The van der Waals surface area contributed by atoms with Crippen molar-refractivity contribution in [2.45, 2.75) is 51.2 Å². The molecule has 2 aromatic heterocycles. The van der Waals surface area contributed by atoms with Crippen LogP contribution in [0.25, 0.3) is 0 Å². The lowest BCUT2D eigenvalue weighted by molar-refractivity contribution is 0.199. The molecule has 1 aliphatic heterocycles. The van der Waals surface area contributed by atoms with Crippen molar-refractivity contribution in [2.75, 3.05) is 25.1 Å². The molecule has 0 radical (unpaired) electrons. The van der Waals surface area contributed by atoms with Gasteiger partial charge >= 0.3 is 0 Å². The van der Waals surface area contributed by atoms with Crippen LogP contribution in [0.1, 0.15) is 37.0 Å². The van der Waals surface area contributed by atoms with E-state index in [2.05, 4.69) is 24.9 Å². The topological polar surface area (TPSA) is 67.5 Å². The second-order valence-electron chi connectivity index (χ2n) is 6.97. The number of nitrogens with zero attached hydrogens (tertiary/aromatic N) is 5. The second kappa shape index (κ2) is 7.00. The van der Waals surface area contributed by atoms with Crippen molar-refractivity contribution >= 4 is 5.82 Å². The van der Waals surface area contributed by atoms with Crippen LogP contribution in [0.5, 0.6) is 5.88 Å². The molecule has 0 amide bonds. The minimum absolute atomic E-state index is 0.534. The van der Waals surface area contributed by atoms with Crippen molar-refractivity contribution in [1.29, 1.82) is 0 Å². The number of ether oxygens (including phenoxy) is 1. The summed E-state index contributed by atoms with van der Waals surface area (Å²) in [6, 6.07) is 3.12. The minimum Gasteiger partial charge on any atom is -0.481 e. The molecule has 2 fully saturated rings. The first-order valence-corrected chi connectivity index (χ1v) is 9.01. The van der Waals surface area contributed by atoms with Crippen LogP contribution < -0.4 is 9.64 Å². The molecule has 1 aliphatic carbocycles. The van der Waals surface area contributed by atoms with Crippen molar-refractivity contribution in [3.63, 3.8) is 0 Å². The standard InChI is InChI=1S/C18H25N5O2/c1-13-14(10-21-25-13)11-22-7-5-16(6-8-22)23(15-3-4-15)17-9-18(24-2)20-12-19-17/h9-10,12,15-16H,3-8,11H2,1-2H3. The Morgan fingerprint density at radius 1 is 1.20 bits per heavy atom. The molecule has 0 N–H and O–H groups in total. The fraction of sp³-hybridized carbons (Fsp3) is 0.611. The zero-order valence-electron chi connectivity index (χ0n) is 14.9. The predicted octanol–water partition coefficient (Wildman–Crippen LogP) is 2.42. The van der Waals surface area contributed by atoms with Gasteiger partial charge in [0.2, 0.25) is 5.88 Å². The molecule has 2 aromatic rings. The molecule has 4 rings (SSSR count). The molecule has 2 aliphatic rings. The van der Waals surface area contributed by atoms with Gasteiger partial charge in [-0.25, -0.2) is 9.97 Å². The summed E-state index contributed by atoms with van der Waals surface area (Å²) in [5, 5.41) is 3.88. The van der Waals surface area contributed by atoms with Gasteiger partial charge in [0.1, 0.15) is 17.9 Å². The summed E-state index contributed by atoms with van der Waals surface area (Å²) in [4.78, 5) is 13.7. The Morgan fingerprint density at radius 3 is 2.60 bits per heavy atom. The number of hydrogen-bond acceptors (Lipinski definition) is 7. The number of aryl methyl sites for hydroxylation is 1. The Labute approximate surface area is 148 Å². The van der Waals surface area contributed by atoms with Crippen molar-refractivity contribution in [2.24, 2.45) is 0 Å².